The van der Waals surface area contributed by atoms with Crippen LogP contribution >= 0.6 is 0 Å². The average Bonchev–Trinajstić information content (AvgIpc) is 2.69. The van der Waals surface area contributed by atoms with Crippen LogP contribution in [0.25, 0.3) is 10.8 Å². The maximum absolute atomic E-state index is 12.1. The number of carboxylic acid groups (broad SMARTS) is 1. The Hall–Kier alpha value is -2.11. The number of nitrogens with one attached hydrogen (secondary N) is 1. The number of piperidine rings is 2. The highest BCUT2D eigenvalue weighted by Crippen LogP contribution is 2.32. The van der Waals surface area contributed by atoms with Crippen LogP contribution in [-0.4, -0.2) is 53.8 Å². The summed E-state index contributed by atoms with van der Waals surface area (Å²) in [6.45, 7) is 3.67. The van der Waals surface area contributed by atoms with E-state index in [4.69, 9.17) is 4.74 Å². The Labute approximate surface area is 153 Å². The fourth-order valence-electron chi connectivity index (χ4n) is 4.24. The molecule has 0 spiro atoms. The van der Waals surface area contributed by atoms with Crippen molar-refractivity contribution in [1.82, 2.24) is 10.2 Å². The molecule has 2 heterocycles. The summed E-state index contributed by atoms with van der Waals surface area (Å²) in [5.41, 5.74) is -1.12. The standard InChI is InChI=1S/C21H26N2O3/c24-20(25)21(9-13-23(14-10-21)18-7-11-22-12-8-18)26-19-6-5-16-3-1-2-4-17(16)15-19/h1-6,15,18,22H,7-14H2,(H,24,25). The van der Waals surface area contributed by atoms with Gasteiger partial charge in [0.1, 0.15) is 5.75 Å². The molecule has 0 aliphatic carbocycles. The van der Waals surface area contributed by atoms with Gasteiger partial charge >= 0.3 is 5.97 Å². The molecule has 0 radical (unpaired) electrons. The second kappa shape index (κ2) is 7.25. The number of nitrogens with zero attached hydrogens (tertiary/aromatic N) is 1. The number of carbonyl (C=O) groups is 1. The van der Waals surface area contributed by atoms with Crippen LogP contribution in [0.15, 0.2) is 42.5 Å². The van der Waals surface area contributed by atoms with E-state index in [1.807, 2.05) is 42.5 Å². The summed E-state index contributed by atoms with van der Waals surface area (Å²) in [7, 11) is 0. The molecule has 2 saturated heterocycles. The summed E-state index contributed by atoms with van der Waals surface area (Å²) in [6.07, 6.45) is 3.34. The van der Waals surface area contributed by atoms with Gasteiger partial charge in [-0.2, -0.15) is 0 Å². The second-order valence-corrected chi connectivity index (χ2v) is 7.43. The summed E-state index contributed by atoms with van der Waals surface area (Å²) < 4.78 is 6.11. The largest absolute Gasteiger partial charge is 0.478 e. The van der Waals surface area contributed by atoms with Crippen LogP contribution in [0.1, 0.15) is 25.7 Å². The number of fused-ring (bicyclic) bond motifs is 1. The number of benzene rings is 2. The maximum atomic E-state index is 12.1. The van der Waals surface area contributed by atoms with E-state index >= 15 is 0 Å². The van der Waals surface area contributed by atoms with Gasteiger partial charge in [0.15, 0.2) is 0 Å². The van der Waals surface area contributed by atoms with Crippen molar-refractivity contribution in [1.29, 1.82) is 0 Å². The van der Waals surface area contributed by atoms with Gasteiger partial charge in [0.2, 0.25) is 5.60 Å². The summed E-state index contributed by atoms with van der Waals surface area (Å²) in [4.78, 5) is 14.5. The Balaban J connectivity index is 1.49. The predicted octanol–water partition coefficient (Wildman–Crippen LogP) is 2.89. The van der Waals surface area contributed by atoms with Gasteiger partial charge in [-0.3, -0.25) is 4.90 Å². The van der Waals surface area contributed by atoms with Crippen LogP contribution in [0.3, 0.4) is 0 Å². The van der Waals surface area contributed by atoms with E-state index in [2.05, 4.69) is 10.2 Å². The molecule has 138 valence electrons. The van der Waals surface area contributed by atoms with Gasteiger partial charge in [-0.15, -0.1) is 0 Å². The normalized spacial score (nSPS) is 21.5. The summed E-state index contributed by atoms with van der Waals surface area (Å²) in [6, 6.07) is 14.4. The number of hydrogen-bond donors (Lipinski definition) is 2. The van der Waals surface area contributed by atoms with Gasteiger partial charge in [0.05, 0.1) is 0 Å². The number of aliphatic carboxylic acids is 1. The lowest BCUT2D eigenvalue weighted by Crippen LogP contribution is -2.56. The third-order valence-electron chi connectivity index (χ3n) is 5.85. The first kappa shape index (κ1) is 17.3. The highest BCUT2D eigenvalue weighted by molar-refractivity contribution is 5.84. The number of carboxylic acids is 1. The van der Waals surface area contributed by atoms with Crippen LogP contribution in [0.5, 0.6) is 5.75 Å². The SMILES string of the molecule is O=C(O)C1(Oc2ccc3ccccc3c2)CCN(C2CCNCC2)CC1. The molecule has 5 heteroatoms. The smallest absolute Gasteiger partial charge is 0.348 e. The fraction of sp³-hybridized carbons (Fsp3) is 0.476. The van der Waals surface area contributed by atoms with Gasteiger partial charge in [-0.1, -0.05) is 30.3 Å². The molecule has 2 aliphatic heterocycles. The van der Waals surface area contributed by atoms with Crippen molar-refractivity contribution in [3.63, 3.8) is 0 Å². The topological polar surface area (TPSA) is 61.8 Å². The van der Waals surface area contributed by atoms with Gasteiger partial charge in [-0.25, -0.2) is 4.79 Å². The number of likely N-dealkylation sites (tertiary alicyclic amines) is 1. The lowest BCUT2D eigenvalue weighted by molar-refractivity contribution is -0.160. The van der Waals surface area contributed by atoms with Crippen LogP contribution in [0, 0.1) is 0 Å². The molecular formula is C21H26N2O3. The number of hydrogen-bond acceptors (Lipinski definition) is 4. The Kier molecular flexibility index (Phi) is 4.83. The Morgan fingerprint density at radius 1 is 1.08 bits per heavy atom. The van der Waals surface area contributed by atoms with Crippen molar-refractivity contribution in [3.05, 3.63) is 42.5 Å². The van der Waals surface area contributed by atoms with E-state index in [1.54, 1.807) is 0 Å². The molecule has 26 heavy (non-hydrogen) atoms. The first-order valence-corrected chi connectivity index (χ1v) is 9.52. The monoisotopic (exact) mass is 354 g/mol. The molecule has 2 aromatic rings. The maximum Gasteiger partial charge on any atom is 0.348 e. The minimum absolute atomic E-state index is 0.527. The van der Waals surface area contributed by atoms with Crippen molar-refractivity contribution in [2.45, 2.75) is 37.3 Å². The number of rotatable bonds is 4. The zero-order chi connectivity index (χ0) is 18.0. The quantitative estimate of drug-likeness (QED) is 0.884. The molecule has 0 unspecified atom stereocenters. The van der Waals surface area contributed by atoms with E-state index in [1.165, 1.54) is 0 Å². The molecule has 2 fully saturated rings. The van der Waals surface area contributed by atoms with Crippen molar-refractivity contribution in [2.75, 3.05) is 26.2 Å². The Bertz CT molecular complexity index is 778. The van der Waals surface area contributed by atoms with Crippen molar-refractivity contribution in [3.8, 4) is 5.75 Å². The number of ether oxygens (including phenoxy) is 1. The van der Waals surface area contributed by atoms with Crippen LogP contribution in [-0.2, 0) is 4.79 Å². The lowest BCUT2D eigenvalue weighted by Gasteiger charge is -2.43. The molecule has 0 atom stereocenters. The molecule has 5 nitrogen and oxygen atoms in total. The Morgan fingerprint density at radius 2 is 1.77 bits per heavy atom. The molecule has 2 aromatic carbocycles. The van der Waals surface area contributed by atoms with E-state index in [0.29, 0.717) is 24.6 Å². The molecule has 2 N–H and O–H groups in total. The second-order valence-electron chi connectivity index (χ2n) is 7.43. The molecule has 0 saturated carbocycles. The first-order valence-electron chi connectivity index (χ1n) is 9.52. The van der Waals surface area contributed by atoms with E-state index in [9.17, 15) is 9.90 Å². The molecular weight excluding hydrogens is 328 g/mol. The first-order chi connectivity index (χ1) is 12.7. The zero-order valence-corrected chi connectivity index (χ0v) is 15.0. The van der Waals surface area contributed by atoms with Crippen LogP contribution in [0.4, 0.5) is 0 Å². The van der Waals surface area contributed by atoms with Crippen molar-refractivity contribution >= 4 is 16.7 Å². The third kappa shape index (κ3) is 3.41. The molecule has 0 bridgehead atoms. The van der Waals surface area contributed by atoms with E-state index in [0.717, 1.165) is 49.8 Å². The van der Waals surface area contributed by atoms with Gasteiger partial charge in [0.25, 0.3) is 0 Å². The fourth-order valence-corrected chi connectivity index (χ4v) is 4.24. The summed E-state index contributed by atoms with van der Waals surface area (Å²) in [5.74, 6) is -0.211. The minimum Gasteiger partial charge on any atom is -0.478 e. The highest BCUT2D eigenvalue weighted by Gasteiger charge is 2.45. The molecule has 4 rings (SSSR count). The van der Waals surface area contributed by atoms with E-state index in [-0.39, 0.29) is 0 Å². The molecule has 2 aliphatic rings. The van der Waals surface area contributed by atoms with Gasteiger partial charge < -0.3 is 15.2 Å². The van der Waals surface area contributed by atoms with Crippen LogP contribution < -0.4 is 10.1 Å². The third-order valence-corrected chi connectivity index (χ3v) is 5.85. The molecule has 0 aromatic heterocycles. The molecule has 0 amide bonds. The van der Waals surface area contributed by atoms with E-state index < -0.39 is 11.6 Å². The summed E-state index contributed by atoms with van der Waals surface area (Å²) >= 11 is 0. The van der Waals surface area contributed by atoms with Crippen molar-refractivity contribution < 1.29 is 14.6 Å². The summed E-state index contributed by atoms with van der Waals surface area (Å²) in [5, 5.41) is 15.5. The van der Waals surface area contributed by atoms with Gasteiger partial charge in [-0.05, 0) is 48.8 Å². The van der Waals surface area contributed by atoms with Crippen LogP contribution in [0.2, 0.25) is 0 Å². The predicted molar refractivity (Wildman–Crippen MR) is 102 cm³/mol. The zero-order valence-electron chi connectivity index (χ0n) is 15.0. The highest BCUT2D eigenvalue weighted by atomic mass is 16.5. The lowest BCUT2D eigenvalue weighted by atomic mass is 9.89. The minimum atomic E-state index is -1.12. The Morgan fingerprint density at radius 3 is 2.46 bits per heavy atom. The van der Waals surface area contributed by atoms with Crippen molar-refractivity contribution in [2.24, 2.45) is 0 Å². The average molecular weight is 354 g/mol. The van der Waals surface area contributed by atoms with Gasteiger partial charge in [0, 0.05) is 32.0 Å².